The van der Waals surface area contributed by atoms with Gasteiger partial charge in [-0.1, -0.05) is 12.1 Å². The largest absolute Gasteiger partial charge is 0.351 e. The summed E-state index contributed by atoms with van der Waals surface area (Å²) in [6.07, 6.45) is 2.49. The van der Waals surface area contributed by atoms with Crippen molar-refractivity contribution in [3.8, 4) is 0 Å². The van der Waals surface area contributed by atoms with Crippen molar-refractivity contribution in [2.45, 2.75) is 25.9 Å². The summed E-state index contributed by atoms with van der Waals surface area (Å²) < 4.78 is 2.04. The van der Waals surface area contributed by atoms with Crippen LogP contribution in [-0.2, 0) is 0 Å². The zero-order valence-electron chi connectivity index (χ0n) is 14.1. The lowest BCUT2D eigenvalue weighted by molar-refractivity contribution is 0.0952. The first-order chi connectivity index (χ1) is 11.1. The molecule has 1 aliphatic heterocycles. The summed E-state index contributed by atoms with van der Waals surface area (Å²) in [6.45, 7) is 4.55. The van der Waals surface area contributed by atoms with E-state index in [9.17, 15) is 4.79 Å². The lowest BCUT2D eigenvalue weighted by Crippen LogP contribution is -2.31. The molecule has 0 saturated carbocycles. The molecule has 1 amide bonds. The van der Waals surface area contributed by atoms with Crippen LogP contribution in [0, 0.1) is 6.92 Å². The van der Waals surface area contributed by atoms with Gasteiger partial charge >= 0.3 is 0 Å². The lowest BCUT2D eigenvalue weighted by Gasteiger charge is -2.12. The SMILES string of the molecule is Cc1c2cccc(C(=O)NCCN(C)C)c2nn1C1CCCN1. The van der Waals surface area contributed by atoms with E-state index in [4.69, 9.17) is 5.10 Å². The summed E-state index contributed by atoms with van der Waals surface area (Å²) in [5.41, 5.74) is 2.56. The molecule has 0 aliphatic carbocycles. The molecular weight excluding hydrogens is 290 g/mol. The van der Waals surface area contributed by atoms with Crippen LogP contribution in [0.1, 0.15) is 35.1 Å². The molecule has 1 fully saturated rings. The molecule has 6 nitrogen and oxygen atoms in total. The van der Waals surface area contributed by atoms with Crippen LogP contribution in [0.3, 0.4) is 0 Å². The molecule has 23 heavy (non-hydrogen) atoms. The summed E-state index contributed by atoms with van der Waals surface area (Å²) >= 11 is 0. The lowest BCUT2D eigenvalue weighted by atomic mass is 10.1. The second kappa shape index (κ2) is 6.68. The fraction of sp³-hybridized carbons (Fsp3) is 0.529. The summed E-state index contributed by atoms with van der Waals surface area (Å²) in [4.78, 5) is 14.5. The quantitative estimate of drug-likeness (QED) is 0.878. The molecule has 3 rings (SSSR count). The van der Waals surface area contributed by atoms with Crippen LogP contribution in [0.15, 0.2) is 18.2 Å². The van der Waals surface area contributed by atoms with Gasteiger partial charge in [-0.25, -0.2) is 0 Å². The van der Waals surface area contributed by atoms with Crippen molar-refractivity contribution in [1.82, 2.24) is 25.3 Å². The first-order valence-electron chi connectivity index (χ1n) is 8.22. The smallest absolute Gasteiger partial charge is 0.253 e. The van der Waals surface area contributed by atoms with Crippen molar-refractivity contribution in [3.05, 3.63) is 29.5 Å². The van der Waals surface area contributed by atoms with E-state index in [2.05, 4.69) is 17.6 Å². The van der Waals surface area contributed by atoms with Gasteiger partial charge in [-0.15, -0.1) is 0 Å². The van der Waals surface area contributed by atoms with Crippen LogP contribution >= 0.6 is 0 Å². The van der Waals surface area contributed by atoms with E-state index in [-0.39, 0.29) is 12.1 Å². The maximum atomic E-state index is 12.5. The zero-order chi connectivity index (χ0) is 16.4. The molecule has 0 bridgehead atoms. The van der Waals surface area contributed by atoms with Crippen molar-refractivity contribution in [3.63, 3.8) is 0 Å². The van der Waals surface area contributed by atoms with E-state index >= 15 is 0 Å². The second-order valence-electron chi connectivity index (χ2n) is 6.40. The van der Waals surface area contributed by atoms with Gasteiger partial charge in [0.05, 0.1) is 5.56 Å². The summed E-state index contributed by atoms with van der Waals surface area (Å²) in [5.74, 6) is -0.0542. The number of hydrogen-bond acceptors (Lipinski definition) is 4. The third kappa shape index (κ3) is 3.23. The predicted octanol–water partition coefficient (Wildman–Crippen LogP) is 1.52. The van der Waals surface area contributed by atoms with Gasteiger partial charge in [0, 0.05) is 24.2 Å². The van der Waals surface area contributed by atoms with Crippen molar-refractivity contribution in [2.75, 3.05) is 33.7 Å². The van der Waals surface area contributed by atoms with Crippen LogP contribution in [0.25, 0.3) is 10.9 Å². The maximum Gasteiger partial charge on any atom is 0.253 e. The molecule has 1 aromatic carbocycles. The highest BCUT2D eigenvalue weighted by molar-refractivity contribution is 6.06. The molecule has 1 aliphatic rings. The van der Waals surface area contributed by atoms with Crippen LogP contribution in [0.2, 0.25) is 0 Å². The van der Waals surface area contributed by atoms with Crippen molar-refractivity contribution >= 4 is 16.8 Å². The van der Waals surface area contributed by atoms with Gasteiger partial charge in [0.15, 0.2) is 0 Å². The number of carbonyl (C=O) groups is 1. The average Bonchev–Trinajstić information content (AvgIpc) is 3.15. The highest BCUT2D eigenvalue weighted by Crippen LogP contribution is 2.26. The third-order valence-corrected chi connectivity index (χ3v) is 4.40. The molecule has 0 spiro atoms. The monoisotopic (exact) mass is 315 g/mol. The maximum absolute atomic E-state index is 12.5. The van der Waals surface area contributed by atoms with Gasteiger partial charge in [-0.2, -0.15) is 5.10 Å². The van der Waals surface area contributed by atoms with E-state index in [1.54, 1.807) is 0 Å². The minimum atomic E-state index is -0.0542. The number of nitrogens with one attached hydrogen (secondary N) is 2. The molecule has 0 radical (unpaired) electrons. The number of aryl methyl sites for hydroxylation is 1. The first-order valence-corrected chi connectivity index (χ1v) is 8.22. The first kappa shape index (κ1) is 16.0. The number of aromatic nitrogens is 2. The number of hydrogen-bond donors (Lipinski definition) is 2. The normalized spacial score (nSPS) is 18.0. The standard InChI is InChI=1S/C17H25N5O/c1-12-13-6-4-7-14(17(23)19-10-11-21(2)3)16(13)20-22(12)15-8-5-9-18-15/h4,6-7,15,18H,5,8-11H2,1-3H3,(H,19,23). The fourth-order valence-corrected chi connectivity index (χ4v) is 3.10. The molecule has 2 heterocycles. The van der Waals surface area contributed by atoms with Gasteiger partial charge in [-0.05, 0) is 46.5 Å². The Morgan fingerprint density at radius 1 is 1.48 bits per heavy atom. The Labute approximate surface area is 136 Å². The molecule has 1 aromatic heterocycles. The van der Waals surface area contributed by atoms with E-state index in [1.165, 1.54) is 0 Å². The van der Waals surface area contributed by atoms with E-state index < -0.39 is 0 Å². The van der Waals surface area contributed by atoms with Crippen molar-refractivity contribution in [1.29, 1.82) is 0 Å². The summed E-state index contributed by atoms with van der Waals surface area (Å²) in [7, 11) is 3.99. The minimum absolute atomic E-state index is 0.0542. The molecule has 2 N–H and O–H groups in total. The van der Waals surface area contributed by atoms with Gasteiger partial charge in [0.25, 0.3) is 5.91 Å². The number of carbonyl (C=O) groups excluding carboxylic acids is 1. The van der Waals surface area contributed by atoms with E-state index in [1.807, 2.05) is 41.9 Å². The highest BCUT2D eigenvalue weighted by Gasteiger charge is 2.22. The van der Waals surface area contributed by atoms with Gasteiger partial charge in [0.1, 0.15) is 11.7 Å². The molecule has 124 valence electrons. The van der Waals surface area contributed by atoms with Gasteiger partial charge in [-0.3, -0.25) is 14.8 Å². The van der Waals surface area contributed by atoms with Crippen molar-refractivity contribution < 1.29 is 4.79 Å². The summed E-state index contributed by atoms with van der Waals surface area (Å²) in [6, 6.07) is 5.83. The molecular formula is C17H25N5O. The average molecular weight is 315 g/mol. The third-order valence-electron chi connectivity index (χ3n) is 4.40. The number of rotatable bonds is 5. The minimum Gasteiger partial charge on any atom is -0.351 e. The van der Waals surface area contributed by atoms with Gasteiger partial charge < -0.3 is 10.2 Å². The number of fused-ring (bicyclic) bond motifs is 1. The van der Waals surface area contributed by atoms with E-state index in [0.29, 0.717) is 12.1 Å². The van der Waals surface area contributed by atoms with Crippen LogP contribution in [-0.4, -0.2) is 54.3 Å². The molecule has 1 atom stereocenters. The summed E-state index contributed by atoms with van der Waals surface area (Å²) in [5, 5.41) is 12.2. The molecule has 6 heteroatoms. The number of nitrogens with zero attached hydrogens (tertiary/aromatic N) is 3. The van der Waals surface area contributed by atoms with Crippen molar-refractivity contribution in [2.24, 2.45) is 0 Å². The Morgan fingerprint density at radius 3 is 3.00 bits per heavy atom. The van der Waals surface area contributed by atoms with Crippen LogP contribution in [0.5, 0.6) is 0 Å². The zero-order valence-corrected chi connectivity index (χ0v) is 14.1. The van der Waals surface area contributed by atoms with E-state index in [0.717, 1.165) is 42.5 Å². The Morgan fingerprint density at radius 2 is 2.30 bits per heavy atom. The Hall–Kier alpha value is -1.92. The molecule has 2 aromatic rings. The number of likely N-dealkylation sites (N-methyl/N-ethyl adjacent to an activating group) is 1. The van der Waals surface area contributed by atoms with Gasteiger partial charge in [0.2, 0.25) is 0 Å². The number of benzene rings is 1. The number of amides is 1. The van der Waals surface area contributed by atoms with Crippen LogP contribution in [0.4, 0.5) is 0 Å². The molecule has 1 unspecified atom stereocenters. The fourth-order valence-electron chi connectivity index (χ4n) is 3.10. The Kier molecular flexibility index (Phi) is 4.63. The Bertz CT molecular complexity index is 700. The van der Waals surface area contributed by atoms with Crippen LogP contribution < -0.4 is 10.6 Å². The molecule has 1 saturated heterocycles. The predicted molar refractivity (Wildman–Crippen MR) is 91.6 cm³/mol. The second-order valence-corrected chi connectivity index (χ2v) is 6.40. The Balaban J connectivity index is 1.89. The topological polar surface area (TPSA) is 62.2 Å². The highest BCUT2D eigenvalue weighted by atomic mass is 16.1.